The van der Waals surface area contributed by atoms with Gasteiger partial charge in [-0.05, 0) is 35.8 Å². The van der Waals surface area contributed by atoms with Crippen molar-refractivity contribution in [1.29, 1.82) is 0 Å². The second-order valence-electron chi connectivity index (χ2n) is 7.86. The first-order chi connectivity index (χ1) is 12.8. The number of carbonyl (C=O) groups is 3. The summed E-state index contributed by atoms with van der Waals surface area (Å²) in [5.41, 5.74) is 1.67. The molecule has 0 aliphatic carbocycles. The maximum absolute atomic E-state index is 11.8. The molecule has 1 aromatic carbocycles. The zero-order valence-corrected chi connectivity index (χ0v) is 15.6. The summed E-state index contributed by atoms with van der Waals surface area (Å²) in [6, 6.07) is 6.81. The van der Waals surface area contributed by atoms with Crippen LogP contribution >= 0.6 is 0 Å². The molecule has 2 N–H and O–H groups in total. The van der Waals surface area contributed by atoms with Gasteiger partial charge in [0.15, 0.2) is 0 Å². The van der Waals surface area contributed by atoms with Crippen LogP contribution in [0.4, 0.5) is 0 Å². The molecule has 27 heavy (non-hydrogen) atoms. The molecule has 1 aromatic rings. The summed E-state index contributed by atoms with van der Waals surface area (Å²) < 4.78 is 0. The molecular weight excluding hydrogens is 348 g/mol. The van der Waals surface area contributed by atoms with Gasteiger partial charge in [-0.25, -0.2) is 0 Å². The predicted octanol–water partition coefficient (Wildman–Crippen LogP) is 1.60. The van der Waals surface area contributed by atoms with E-state index in [0.717, 1.165) is 24.0 Å². The van der Waals surface area contributed by atoms with Crippen LogP contribution in [0.3, 0.4) is 0 Å². The van der Waals surface area contributed by atoms with Crippen LogP contribution in [0.15, 0.2) is 24.3 Å². The van der Waals surface area contributed by atoms with E-state index in [1.165, 1.54) is 0 Å². The van der Waals surface area contributed by atoms with Crippen LogP contribution < -0.4 is 0 Å². The highest BCUT2D eigenvalue weighted by molar-refractivity contribution is 5.74. The summed E-state index contributed by atoms with van der Waals surface area (Å²) in [4.78, 5) is 38.0. The molecule has 2 saturated heterocycles. The molecule has 0 unspecified atom stereocenters. The Balaban J connectivity index is 1.68. The summed E-state index contributed by atoms with van der Waals surface area (Å²) in [5, 5.41) is 18.5. The number of likely N-dealkylation sites (tertiary alicyclic amines) is 2. The molecule has 2 fully saturated rings. The normalized spacial score (nSPS) is 22.1. The quantitative estimate of drug-likeness (QED) is 0.812. The Morgan fingerprint density at radius 2 is 1.67 bits per heavy atom. The Bertz CT molecular complexity index is 722. The highest BCUT2D eigenvalue weighted by Crippen LogP contribution is 2.44. The summed E-state index contributed by atoms with van der Waals surface area (Å²) in [6.07, 6.45) is 2.28. The average molecular weight is 374 g/mol. The number of aliphatic carboxylic acids is 2. The SMILES string of the molecule is CC(=O)N1CCC2(CC1)C[C@H](C(=O)O)N(Cc1ccc(CC(=O)O)cc1)C2. The Morgan fingerprint density at radius 1 is 1.07 bits per heavy atom. The molecule has 0 bridgehead atoms. The zero-order valence-electron chi connectivity index (χ0n) is 15.6. The van der Waals surface area contributed by atoms with Gasteiger partial charge in [0.05, 0.1) is 6.42 Å². The van der Waals surface area contributed by atoms with Crippen LogP contribution in [0.25, 0.3) is 0 Å². The Hall–Kier alpha value is -2.41. The van der Waals surface area contributed by atoms with Crippen LogP contribution in [0.5, 0.6) is 0 Å². The summed E-state index contributed by atoms with van der Waals surface area (Å²) in [6.45, 7) is 4.21. The maximum Gasteiger partial charge on any atom is 0.320 e. The molecule has 3 rings (SSSR count). The predicted molar refractivity (Wildman–Crippen MR) is 98.2 cm³/mol. The maximum atomic E-state index is 11.8. The first-order valence-electron chi connectivity index (χ1n) is 9.30. The first-order valence-corrected chi connectivity index (χ1v) is 9.30. The smallest absolute Gasteiger partial charge is 0.320 e. The highest BCUT2D eigenvalue weighted by atomic mass is 16.4. The van der Waals surface area contributed by atoms with Gasteiger partial charge in [-0.1, -0.05) is 24.3 Å². The lowest BCUT2D eigenvalue weighted by molar-refractivity contribution is -0.142. The van der Waals surface area contributed by atoms with E-state index in [2.05, 4.69) is 0 Å². The Kier molecular flexibility index (Phi) is 5.51. The van der Waals surface area contributed by atoms with Crippen molar-refractivity contribution in [2.24, 2.45) is 5.41 Å². The minimum Gasteiger partial charge on any atom is -0.481 e. The zero-order chi connectivity index (χ0) is 19.6. The van der Waals surface area contributed by atoms with Gasteiger partial charge in [0.2, 0.25) is 5.91 Å². The molecule has 1 atom stereocenters. The second kappa shape index (κ2) is 7.68. The lowest BCUT2D eigenvalue weighted by atomic mass is 9.76. The van der Waals surface area contributed by atoms with Gasteiger partial charge < -0.3 is 15.1 Å². The van der Waals surface area contributed by atoms with Gasteiger partial charge >= 0.3 is 11.9 Å². The van der Waals surface area contributed by atoms with Crippen molar-refractivity contribution < 1.29 is 24.6 Å². The second-order valence-corrected chi connectivity index (χ2v) is 7.86. The molecule has 0 saturated carbocycles. The number of benzene rings is 1. The van der Waals surface area contributed by atoms with Crippen molar-refractivity contribution in [3.05, 3.63) is 35.4 Å². The van der Waals surface area contributed by atoms with Crippen molar-refractivity contribution in [3.8, 4) is 0 Å². The lowest BCUT2D eigenvalue weighted by Crippen LogP contribution is -2.43. The van der Waals surface area contributed by atoms with Gasteiger partial charge in [0.1, 0.15) is 6.04 Å². The lowest BCUT2D eigenvalue weighted by Gasteiger charge is -2.39. The first kappa shape index (κ1) is 19.4. The molecule has 146 valence electrons. The number of hydrogen-bond acceptors (Lipinski definition) is 4. The van der Waals surface area contributed by atoms with E-state index in [1.807, 2.05) is 21.9 Å². The number of carboxylic acid groups (broad SMARTS) is 2. The average Bonchev–Trinajstić information content (AvgIpc) is 2.95. The fourth-order valence-corrected chi connectivity index (χ4v) is 4.38. The number of carbonyl (C=O) groups excluding carboxylic acids is 1. The van der Waals surface area contributed by atoms with Gasteiger partial charge in [-0.3, -0.25) is 19.3 Å². The van der Waals surface area contributed by atoms with Crippen LogP contribution in [-0.4, -0.2) is 63.5 Å². The molecule has 0 aromatic heterocycles. The number of nitrogens with zero attached hydrogens (tertiary/aromatic N) is 2. The molecule has 7 heteroatoms. The highest BCUT2D eigenvalue weighted by Gasteiger charge is 2.48. The van der Waals surface area contributed by atoms with E-state index < -0.39 is 18.0 Å². The minimum absolute atomic E-state index is 0.0164. The van der Waals surface area contributed by atoms with Crippen molar-refractivity contribution >= 4 is 17.8 Å². The third-order valence-electron chi connectivity index (χ3n) is 5.92. The van der Waals surface area contributed by atoms with Crippen molar-refractivity contribution in [2.75, 3.05) is 19.6 Å². The third-order valence-corrected chi connectivity index (χ3v) is 5.92. The number of carboxylic acids is 2. The van der Waals surface area contributed by atoms with E-state index in [-0.39, 0.29) is 17.7 Å². The van der Waals surface area contributed by atoms with Gasteiger partial charge in [-0.15, -0.1) is 0 Å². The Morgan fingerprint density at radius 3 is 2.19 bits per heavy atom. The molecule has 1 spiro atoms. The molecule has 2 aliphatic rings. The fraction of sp³-hybridized carbons (Fsp3) is 0.550. The van der Waals surface area contributed by atoms with E-state index in [0.29, 0.717) is 32.6 Å². The third kappa shape index (κ3) is 4.47. The molecule has 7 nitrogen and oxygen atoms in total. The van der Waals surface area contributed by atoms with Crippen LogP contribution in [-0.2, 0) is 27.3 Å². The number of hydrogen-bond donors (Lipinski definition) is 2. The van der Waals surface area contributed by atoms with Gasteiger partial charge in [0, 0.05) is 33.1 Å². The van der Waals surface area contributed by atoms with Crippen LogP contribution in [0.1, 0.15) is 37.3 Å². The number of rotatable bonds is 5. The van der Waals surface area contributed by atoms with E-state index in [1.54, 1.807) is 19.1 Å². The van der Waals surface area contributed by atoms with Gasteiger partial charge in [-0.2, -0.15) is 0 Å². The van der Waals surface area contributed by atoms with E-state index in [4.69, 9.17) is 5.11 Å². The summed E-state index contributed by atoms with van der Waals surface area (Å²) >= 11 is 0. The van der Waals surface area contributed by atoms with Crippen molar-refractivity contribution in [2.45, 2.75) is 45.2 Å². The summed E-state index contributed by atoms with van der Waals surface area (Å²) in [5.74, 6) is -1.59. The number of piperidine rings is 1. The van der Waals surface area contributed by atoms with Crippen LogP contribution in [0, 0.1) is 5.41 Å². The topological polar surface area (TPSA) is 98.2 Å². The van der Waals surface area contributed by atoms with E-state index in [9.17, 15) is 19.5 Å². The van der Waals surface area contributed by atoms with Gasteiger partial charge in [0.25, 0.3) is 0 Å². The van der Waals surface area contributed by atoms with Crippen LogP contribution in [0.2, 0.25) is 0 Å². The Labute approximate surface area is 158 Å². The molecule has 0 radical (unpaired) electrons. The fourth-order valence-electron chi connectivity index (χ4n) is 4.38. The molecular formula is C20H26N2O5. The van der Waals surface area contributed by atoms with Crippen molar-refractivity contribution in [3.63, 3.8) is 0 Å². The largest absolute Gasteiger partial charge is 0.481 e. The monoisotopic (exact) mass is 374 g/mol. The standard InChI is InChI=1S/C20H26N2O5/c1-14(23)21-8-6-20(7-9-21)11-17(19(26)27)22(13-20)12-16-4-2-15(3-5-16)10-18(24)25/h2-5,17H,6-13H2,1H3,(H,24,25)(H,26,27)/t17-/m1/s1. The van der Waals surface area contributed by atoms with E-state index >= 15 is 0 Å². The molecule has 2 aliphatic heterocycles. The summed E-state index contributed by atoms with van der Waals surface area (Å²) in [7, 11) is 0. The minimum atomic E-state index is -0.868. The molecule has 2 heterocycles. The van der Waals surface area contributed by atoms with Crippen molar-refractivity contribution in [1.82, 2.24) is 9.80 Å². The molecule has 1 amide bonds. The number of amides is 1.